The van der Waals surface area contributed by atoms with Crippen LogP contribution in [-0.4, -0.2) is 5.78 Å². The Balaban J connectivity index is 2.31. The molecule has 1 aromatic carbocycles. The lowest BCUT2D eigenvalue weighted by Gasteiger charge is -2.24. The van der Waals surface area contributed by atoms with E-state index in [1.165, 1.54) is 6.42 Å². The Morgan fingerprint density at radius 2 is 2.14 bits per heavy atom. The molecular formula is C12H13ClO. The van der Waals surface area contributed by atoms with Gasteiger partial charge in [-0.2, -0.15) is 0 Å². The standard InChI is InChI=1S/C12H13ClO/c1-8-10(6-3-7-11(8)13)12(14)9-4-2-5-9/h3,6-7,9H,2,4-5H2,1H3. The summed E-state index contributed by atoms with van der Waals surface area (Å²) in [4.78, 5) is 11.9. The van der Waals surface area contributed by atoms with E-state index in [0.29, 0.717) is 5.02 Å². The number of hydrogen-bond donors (Lipinski definition) is 0. The summed E-state index contributed by atoms with van der Waals surface area (Å²) in [6.45, 7) is 1.91. The molecule has 0 aliphatic heterocycles. The molecule has 0 atom stereocenters. The molecule has 74 valence electrons. The lowest BCUT2D eigenvalue weighted by Crippen LogP contribution is -2.22. The van der Waals surface area contributed by atoms with Gasteiger partial charge in [0.1, 0.15) is 0 Å². The summed E-state index contributed by atoms with van der Waals surface area (Å²) in [5.41, 5.74) is 1.73. The quantitative estimate of drug-likeness (QED) is 0.679. The van der Waals surface area contributed by atoms with E-state index >= 15 is 0 Å². The zero-order chi connectivity index (χ0) is 10.1. The SMILES string of the molecule is Cc1c(Cl)cccc1C(=O)C1CCC1. The van der Waals surface area contributed by atoms with Gasteiger partial charge in [0.25, 0.3) is 0 Å². The van der Waals surface area contributed by atoms with Crippen molar-refractivity contribution in [1.82, 2.24) is 0 Å². The van der Waals surface area contributed by atoms with Gasteiger partial charge in [0.2, 0.25) is 0 Å². The van der Waals surface area contributed by atoms with Gasteiger partial charge in [-0.05, 0) is 31.4 Å². The van der Waals surface area contributed by atoms with Crippen LogP contribution in [0.15, 0.2) is 18.2 Å². The van der Waals surface area contributed by atoms with E-state index in [9.17, 15) is 4.79 Å². The number of rotatable bonds is 2. The maximum atomic E-state index is 11.9. The van der Waals surface area contributed by atoms with Crippen LogP contribution in [0.1, 0.15) is 35.2 Å². The largest absolute Gasteiger partial charge is 0.294 e. The highest BCUT2D eigenvalue weighted by Crippen LogP contribution is 2.31. The molecule has 2 rings (SSSR count). The molecule has 0 N–H and O–H groups in total. The van der Waals surface area contributed by atoms with Crippen molar-refractivity contribution >= 4 is 17.4 Å². The minimum atomic E-state index is 0.257. The molecule has 1 fully saturated rings. The second-order valence-corrected chi connectivity index (χ2v) is 4.31. The number of carbonyl (C=O) groups is 1. The lowest BCUT2D eigenvalue weighted by atomic mass is 9.79. The average Bonchev–Trinajstić information content (AvgIpc) is 2.06. The van der Waals surface area contributed by atoms with Gasteiger partial charge in [-0.1, -0.05) is 30.2 Å². The Bertz CT molecular complexity index is 367. The minimum Gasteiger partial charge on any atom is -0.294 e. The van der Waals surface area contributed by atoms with E-state index in [2.05, 4.69) is 0 Å². The van der Waals surface area contributed by atoms with Crippen molar-refractivity contribution < 1.29 is 4.79 Å². The minimum absolute atomic E-state index is 0.257. The van der Waals surface area contributed by atoms with E-state index in [-0.39, 0.29) is 11.7 Å². The molecule has 1 aliphatic rings. The topological polar surface area (TPSA) is 17.1 Å². The number of benzene rings is 1. The average molecular weight is 209 g/mol. The van der Waals surface area contributed by atoms with Crippen LogP contribution in [0.2, 0.25) is 5.02 Å². The summed E-state index contributed by atoms with van der Waals surface area (Å²) in [5, 5.41) is 0.690. The van der Waals surface area contributed by atoms with E-state index in [1.54, 1.807) is 0 Å². The normalized spacial score (nSPS) is 16.4. The summed E-state index contributed by atoms with van der Waals surface area (Å²) in [5.74, 6) is 0.531. The Morgan fingerprint density at radius 1 is 1.43 bits per heavy atom. The van der Waals surface area contributed by atoms with Crippen molar-refractivity contribution in [3.05, 3.63) is 34.3 Å². The van der Waals surface area contributed by atoms with Gasteiger partial charge in [-0.25, -0.2) is 0 Å². The number of hydrogen-bond acceptors (Lipinski definition) is 1. The Labute approximate surface area is 89.1 Å². The van der Waals surface area contributed by atoms with Gasteiger partial charge in [0.15, 0.2) is 5.78 Å². The number of Topliss-reactive ketones (excluding diaryl/α,β-unsaturated/α-hetero) is 1. The van der Waals surface area contributed by atoms with Gasteiger partial charge in [0, 0.05) is 16.5 Å². The highest BCUT2D eigenvalue weighted by molar-refractivity contribution is 6.31. The zero-order valence-electron chi connectivity index (χ0n) is 8.22. The van der Waals surface area contributed by atoms with Crippen LogP contribution in [0.5, 0.6) is 0 Å². The van der Waals surface area contributed by atoms with Gasteiger partial charge < -0.3 is 0 Å². The maximum Gasteiger partial charge on any atom is 0.166 e. The van der Waals surface area contributed by atoms with Crippen molar-refractivity contribution in [3.63, 3.8) is 0 Å². The van der Waals surface area contributed by atoms with E-state index in [1.807, 2.05) is 25.1 Å². The van der Waals surface area contributed by atoms with E-state index < -0.39 is 0 Å². The second kappa shape index (κ2) is 3.74. The van der Waals surface area contributed by atoms with Crippen LogP contribution >= 0.6 is 11.6 Å². The molecule has 0 aromatic heterocycles. The van der Waals surface area contributed by atoms with Gasteiger partial charge in [-0.15, -0.1) is 0 Å². The molecule has 0 radical (unpaired) electrons. The van der Waals surface area contributed by atoms with Crippen molar-refractivity contribution in [2.75, 3.05) is 0 Å². The molecule has 1 aliphatic carbocycles. The van der Waals surface area contributed by atoms with Crippen LogP contribution in [0.3, 0.4) is 0 Å². The molecule has 1 nitrogen and oxygen atoms in total. The van der Waals surface area contributed by atoms with Crippen molar-refractivity contribution in [3.8, 4) is 0 Å². The lowest BCUT2D eigenvalue weighted by molar-refractivity contribution is 0.0854. The van der Waals surface area contributed by atoms with Crippen LogP contribution in [0, 0.1) is 12.8 Å². The molecular weight excluding hydrogens is 196 g/mol. The zero-order valence-corrected chi connectivity index (χ0v) is 8.97. The van der Waals surface area contributed by atoms with Crippen LogP contribution < -0.4 is 0 Å². The number of ketones is 1. The third kappa shape index (κ3) is 1.57. The molecule has 0 heterocycles. The molecule has 1 aromatic rings. The van der Waals surface area contributed by atoms with Crippen LogP contribution in [0.25, 0.3) is 0 Å². The smallest absolute Gasteiger partial charge is 0.166 e. The first-order valence-corrected chi connectivity index (χ1v) is 5.37. The van der Waals surface area contributed by atoms with Crippen molar-refractivity contribution in [2.45, 2.75) is 26.2 Å². The molecule has 0 bridgehead atoms. The fourth-order valence-electron chi connectivity index (χ4n) is 1.76. The summed E-state index contributed by atoms with van der Waals surface area (Å²) in [7, 11) is 0. The molecule has 0 amide bonds. The highest BCUT2D eigenvalue weighted by atomic mass is 35.5. The van der Waals surface area contributed by atoms with E-state index in [4.69, 9.17) is 11.6 Å². The summed E-state index contributed by atoms with van der Waals surface area (Å²) in [6.07, 6.45) is 3.28. The second-order valence-electron chi connectivity index (χ2n) is 3.90. The predicted molar refractivity (Wildman–Crippen MR) is 57.9 cm³/mol. The Kier molecular flexibility index (Phi) is 2.60. The molecule has 1 saturated carbocycles. The van der Waals surface area contributed by atoms with Crippen molar-refractivity contribution in [2.24, 2.45) is 5.92 Å². The Morgan fingerprint density at radius 3 is 2.71 bits per heavy atom. The van der Waals surface area contributed by atoms with Crippen LogP contribution in [0.4, 0.5) is 0 Å². The first-order chi connectivity index (χ1) is 6.70. The summed E-state index contributed by atoms with van der Waals surface area (Å²) in [6, 6.07) is 5.55. The van der Waals surface area contributed by atoms with Gasteiger partial charge in [-0.3, -0.25) is 4.79 Å². The maximum absolute atomic E-state index is 11.9. The van der Waals surface area contributed by atoms with Crippen LogP contribution in [-0.2, 0) is 0 Å². The van der Waals surface area contributed by atoms with Gasteiger partial charge in [0.05, 0.1) is 0 Å². The molecule has 14 heavy (non-hydrogen) atoms. The molecule has 0 saturated heterocycles. The fourth-order valence-corrected chi connectivity index (χ4v) is 1.94. The monoisotopic (exact) mass is 208 g/mol. The first kappa shape index (κ1) is 9.72. The molecule has 0 spiro atoms. The highest BCUT2D eigenvalue weighted by Gasteiger charge is 2.27. The third-order valence-electron chi connectivity index (χ3n) is 3.01. The summed E-state index contributed by atoms with van der Waals surface area (Å²) >= 11 is 5.97. The fraction of sp³-hybridized carbons (Fsp3) is 0.417. The third-order valence-corrected chi connectivity index (χ3v) is 3.42. The molecule has 2 heteroatoms. The predicted octanol–water partition coefficient (Wildman–Crippen LogP) is 3.63. The molecule has 0 unspecified atom stereocenters. The Hall–Kier alpha value is -0.820. The first-order valence-electron chi connectivity index (χ1n) is 4.99. The summed E-state index contributed by atoms with van der Waals surface area (Å²) < 4.78 is 0. The van der Waals surface area contributed by atoms with Crippen molar-refractivity contribution in [1.29, 1.82) is 0 Å². The number of halogens is 1. The van der Waals surface area contributed by atoms with Gasteiger partial charge >= 0.3 is 0 Å². The van der Waals surface area contributed by atoms with E-state index in [0.717, 1.165) is 24.0 Å². The number of carbonyl (C=O) groups excluding carboxylic acids is 1.